The Labute approximate surface area is 126 Å². The number of hydrogen-bond acceptors (Lipinski definition) is 0. The zero-order chi connectivity index (χ0) is 14.8. The van der Waals surface area contributed by atoms with Crippen molar-refractivity contribution in [1.82, 2.24) is 0 Å². The molecule has 0 bridgehead atoms. The second kappa shape index (κ2) is 5.57. The van der Waals surface area contributed by atoms with Crippen LogP contribution < -0.4 is 10.4 Å². The highest BCUT2D eigenvalue weighted by atomic mass is 14.2. The van der Waals surface area contributed by atoms with Gasteiger partial charge in [-0.25, -0.2) is 0 Å². The maximum Gasteiger partial charge on any atom is -0.00300 e. The lowest BCUT2D eigenvalue weighted by Gasteiger charge is -2.09. The highest BCUT2D eigenvalue weighted by molar-refractivity contribution is 5.97. The van der Waals surface area contributed by atoms with Gasteiger partial charge in [-0.15, -0.1) is 0 Å². The van der Waals surface area contributed by atoms with Crippen molar-refractivity contribution in [3.63, 3.8) is 0 Å². The summed E-state index contributed by atoms with van der Waals surface area (Å²) in [7, 11) is 0. The van der Waals surface area contributed by atoms with E-state index in [9.17, 15) is 0 Å². The first-order chi connectivity index (χ1) is 10.2. The van der Waals surface area contributed by atoms with Crippen molar-refractivity contribution in [2.75, 3.05) is 0 Å². The van der Waals surface area contributed by atoms with Crippen LogP contribution in [0.5, 0.6) is 0 Å². The fourth-order valence-electron chi connectivity index (χ4n) is 3.14. The van der Waals surface area contributed by atoms with E-state index in [1.807, 2.05) is 6.08 Å². The molecule has 0 aliphatic heterocycles. The monoisotopic (exact) mass is 272 g/mol. The van der Waals surface area contributed by atoms with Crippen LogP contribution >= 0.6 is 0 Å². The van der Waals surface area contributed by atoms with Gasteiger partial charge in [0.15, 0.2) is 0 Å². The van der Waals surface area contributed by atoms with E-state index in [4.69, 9.17) is 0 Å². The first-order valence-corrected chi connectivity index (χ1v) is 7.46. The molecule has 1 atom stereocenters. The predicted molar refractivity (Wildman–Crippen MR) is 94.3 cm³/mol. The van der Waals surface area contributed by atoms with E-state index in [0.717, 1.165) is 0 Å². The highest BCUT2D eigenvalue weighted by Crippen LogP contribution is 2.23. The summed E-state index contributed by atoms with van der Waals surface area (Å²) in [6.45, 7) is 8.16. The van der Waals surface area contributed by atoms with Crippen LogP contribution in [0.25, 0.3) is 28.5 Å². The minimum atomic E-state index is 0.492. The molecule has 0 radical (unpaired) electrons. The van der Waals surface area contributed by atoms with Crippen molar-refractivity contribution in [3.05, 3.63) is 77.2 Å². The fourth-order valence-corrected chi connectivity index (χ4v) is 3.14. The number of fused-ring (bicyclic) bond motifs is 2. The van der Waals surface area contributed by atoms with E-state index in [2.05, 4.69) is 81.1 Å². The second-order valence-electron chi connectivity index (χ2n) is 5.53. The zero-order valence-corrected chi connectivity index (χ0v) is 12.6. The molecule has 0 amide bonds. The molecule has 0 N–H and O–H groups in total. The molecule has 0 spiro atoms. The first-order valence-electron chi connectivity index (χ1n) is 7.46. The third kappa shape index (κ3) is 2.38. The Kier molecular flexibility index (Phi) is 3.62. The predicted octanol–water partition coefficient (Wildman–Crippen LogP) is 4.20. The van der Waals surface area contributed by atoms with E-state index >= 15 is 0 Å². The zero-order valence-electron chi connectivity index (χ0n) is 12.6. The van der Waals surface area contributed by atoms with Gasteiger partial charge in [0, 0.05) is 0 Å². The van der Waals surface area contributed by atoms with Crippen molar-refractivity contribution >= 4 is 28.5 Å². The van der Waals surface area contributed by atoms with E-state index < -0.39 is 0 Å². The van der Waals surface area contributed by atoms with Crippen molar-refractivity contribution in [2.24, 2.45) is 5.92 Å². The lowest BCUT2D eigenvalue weighted by molar-refractivity contribution is 1.07. The molecule has 0 saturated heterocycles. The topological polar surface area (TPSA) is 0 Å². The summed E-state index contributed by atoms with van der Waals surface area (Å²) in [5.41, 5.74) is 2.54. The van der Waals surface area contributed by atoms with E-state index in [1.54, 1.807) is 0 Å². The Morgan fingerprint density at radius 1 is 1.19 bits per heavy atom. The molecule has 1 aliphatic carbocycles. The molecule has 0 aromatic heterocycles. The van der Waals surface area contributed by atoms with Crippen LogP contribution in [-0.4, -0.2) is 0 Å². The van der Waals surface area contributed by atoms with E-state index in [0.29, 0.717) is 5.92 Å². The van der Waals surface area contributed by atoms with Gasteiger partial charge in [0.25, 0.3) is 0 Å². The van der Waals surface area contributed by atoms with Crippen LogP contribution in [0.3, 0.4) is 0 Å². The summed E-state index contributed by atoms with van der Waals surface area (Å²) < 4.78 is 0. The summed E-state index contributed by atoms with van der Waals surface area (Å²) in [6.07, 6.45) is 12.9. The van der Waals surface area contributed by atoms with Gasteiger partial charge < -0.3 is 0 Å². The Morgan fingerprint density at radius 3 is 2.76 bits per heavy atom. The number of hydrogen-bond donors (Lipinski definition) is 0. The summed E-state index contributed by atoms with van der Waals surface area (Å²) in [4.78, 5) is 0. The smallest absolute Gasteiger partial charge is 0.00300 e. The van der Waals surface area contributed by atoms with Crippen LogP contribution in [0.2, 0.25) is 0 Å². The van der Waals surface area contributed by atoms with Crippen LogP contribution in [-0.2, 0) is 0 Å². The molecule has 2 aromatic rings. The van der Waals surface area contributed by atoms with Crippen LogP contribution in [0.15, 0.2) is 61.2 Å². The maximum absolute atomic E-state index is 3.87. The number of allylic oxidation sites excluding steroid dienone is 5. The SMILES string of the molecule is C=C/C=C(\C=C/C)c1c2c(cc3ccccc13)=CC(C)C=2. The van der Waals surface area contributed by atoms with Gasteiger partial charge in [-0.05, 0) is 51.3 Å². The fraction of sp³-hybridized carbons (Fsp3) is 0.143. The molecule has 1 aliphatic rings. The molecule has 0 heteroatoms. The van der Waals surface area contributed by atoms with Crippen molar-refractivity contribution in [1.29, 1.82) is 0 Å². The summed E-state index contributed by atoms with van der Waals surface area (Å²) in [5.74, 6) is 0.492. The third-order valence-corrected chi connectivity index (χ3v) is 3.93. The molecular weight excluding hydrogens is 252 g/mol. The van der Waals surface area contributed by atoms with Crippen molar-refractivity contribution in [2.45, 2.75) is 13.8 Å². The minimum Gasteiger partial charge on any atom is -0.0990 e. The van der Waals surface area contributed by atoms with Crippen LogP contribution in [0.1, 0.15) is 19.4 Å². The van der Waals surface area contributed by atoms with Gasteiger partial charge in [0.2, 0.25) is 0 Å². The van der Waals surface area contributed by atoms with Gasteiger partial charge >= 0.3 is 0 Å². The quantitative estimate of drug-likeness (QED) is 0.735. The Morgan fingerprint density at radius 2 is 2.00 bits per heavy atom. The van der Waals surface area contributed by atoms with Crippen LogP contribution in [0.4, 0.5) is 0 Å². The molecule has 0 nitrogen and oxygen atoms in total. The lowest BCUT2D eigenvalue weighted by atomic mass is 9.94. The third-order valence-electron chi connectivity index (χ3n) is 3.93. The van der Waals surface area contributed by atoms with Gasteiger partial charge in [-0.1, -0.05) is 74.2 Å². The Balaban J connectivity index is 2.49. The summed E-state index contributed by atoms with van der Waals surface area (Å²) in [5, 5.41) is 5.30. The molecule has 0 heterocycles. The lowest BCUT2D eigenvalue weighted by Crippen LogP contribution is -2.25. The highest BCUT2D eigenvalue weighted by Gasteiger charge is 2.11. The van der Waals surface area contributed by atoms with Gasteiger partial charge in [-0.3, -0.25) is 0 Å². The molecular formula is C21H20. The molecule has 0 saturated carbocycles. The maximum atomic E-state index is 3.87. The molecule has 3 rings (SSSR count). The van der Waals surface area contributed by atoms with Crippen molar-refractivity contribution in [3.8, 4) is 0 Å². The average molecular weight is 272 g/mol. The Bertz CT molecular complexity index is 876. The first kappa shape index (κ1) is 13.6. The van der Waals surface area contributed by atoms with E-state index in [1.165, 1.54) is 32.3 Å². The Hall–Kier alpha value is -2.34. The van der Waals surface area contributed by atoms with Crippen LogP contribution in [0, 0.1) is 5.92 Å². The molecule has 21 heavy (non-hydrogen) atoms. The average Bonchev–Trinajstić information content (AvgIpc) is 2.84. The summed E-state index contributed by atoms with van der Waals surface area (Å²) >= 11 is 0. The number of benzene rings is 2. The normalized spacial score (nSPS) is 17.6. The van der Waals surface area contributed by atoms with E-state index in [-0.39, 0.29) is 0 Å². The molecule has 2 aromatic carbocycles. The second-order valence-corrected chi connectivity index (χ2v) is 5.53. The molecule has 1 unspecified atom stereocenters. The molecule has 0 fully saturated rings. The van der Waals surface area contributed by atoms with Gasteiger partial charge in [-0.2, -0.15) is 0 Å². The van der Waals surface area contributed by atoms with Gasteiger partial charge in [0.05, 0.1) is 0 Å². The van der Waals surface area contributed by atoms with Gasteiger partial charge in [0.1, 0.15) is 0 Å². The molecule has 104 valence electrons. The standard InChI is InChI=1S/C21H20/c1-4-8-16(9-5-2)21-19-11-7-6-10-17(19)14-18-12-15(3)13-20(18)21/h4-15H,1H2,2-3H3/b9-5-,16-8+. The summed E-state index contributed by atoms with van der Waals surface area (Å²) in [6, 6.07) is 10.9. The van der Waals surface area contributed by atoms with Crippen molar-refractivity contribution < 1.29 is 0 Å². The number of rotatable bonds is 3. The minimum absolute atomic E-state index is 0.492. The largest absolute Gasteiger partial charge is 0.0990 e.